The molecule has 1 N–H and O–H groups in total. The smallest absolute Gasteiger partial charge is 0.0410 e. The van der Waals surface area contributed by atoms with E-state index in [1.807, 2.05) is 12.4 Å². The van der Waals surface area contributed by atoms with Gasteiger partial charge in [-0.25, -0.2) is 0 Å². The SMILES string of the molecule is Brc1cncc(CN2CCCNC(C3CC3)C2)c1. The van der Waals surface area contributed by atoms with Gasteiger partial charge in [-0.15, -0.1) is 0 Å². The molecule has 0 radical (unpaired) electrons. The lowest BCUT2D eigenvalue weighted by Gasteiger charge is -2.24. The fourth-order valence-electron chi connectivity index (χ4n) is 2.78. The van der Waals surface area contributed by atoms with Crippen molar-refractivity contribution in [2.75, 3.05) is 19.6 Å². The first-order valence-corrected chi connectivity index (χ1v) is 7.66. The number of nitrogens with one attached hydrogen (secondary N) is 1. The Balaban J connectivity index is 1.63. The number of pyridine rings is 1. The first-order chi connectivity index (χ1) is 8.81. The molecule has 1 aliphatic heterocycles. The number of rotatable bonds is 3. The molecule has 2 aliphatic rings. The predicted molar refractivity (Wildman–Crippen MR) is 76.3 cm³/mol. The first-order valence-electron chi connectivity index (χ1n) is 6.86. The van der Waals surface area contributed by atoms with Crippen molar-refractivity contribution < 1.29 is 0 Å². The van der Waals surface area contributed by atoms with Gasteiger partial charge in [-0.3, -0.25) is 9.88 Å². The maximum absolute atomic E-state index is 4.25. The molecule has 0 spiro atoms. The second-order valence-corrected chi connectivity index (χ2v) is 6.41. The number of aromatic nitrogens is 1. The Hall–Kier alpha value is -0.450. The lowest BCUT2D eigenvalue weighted by Crippen LogP contribution is -2.38. The summed E-state index contributed by atoms with van der Waals surface area (Å²) in [5.74, 6) is 0.936. The summed E-state index contributed by atoms with van der Waals surface area (Å²) in [6.07, 6.45) is 7.92. The van der Waals surface area contributed by atoms with E-state index in [0.29, 0.717) is 6.04 Å². The van der Waals surface area contributed by atoms with E-state index in [0.717, 1.165) is 16.9 Å². The summed E-state index contributed by atoms with van der Waals surface area (Å²) < 4.78 is 1.08. The lowest BCUT2D eigenvalue weighted by molar-refractivity contribution is 0.250. The molecule has 18 heavy (non-hydrogen) atoms. The minimum atomic E-state index is 0.715. The van der Waals surface area contributed by atoms with Gasteiger partial charge in [-0.05, 0) is 65.8 Å². The number of hydrogen-bond acceptors (Lipinski definition) is 3. The van der Waals surface area contributed by atoms with Crippen molar-refractivity contribution in [3.8, 4) is 0 Å². The molecule has 1 unspecified atom stereocenters. The third-order valence-corrected chi connectivity index (χ3v) is 4.30. The van der Waals surface area contributed by atoms with Crippen LogP contribution >= 0.6 is 15.9 Å². The van der Waals surface area contributed by atoms with Crippen LogP contribution in [0.4, 0.5) is 0 Å². The molecular weight excluding hydrogens is 290 g/mol. The zero-order valence-corrected chi connectivity index (χ0v) is 12.2. The minimum absolute atomic E-state index is 0.715. The largest absolute Gasteiger partial charge is 0.312 e. The fraction of sp³-hybridized carbons (Fsp3) is 0.643. The van der Waals surface area contributed by atoms with E-state index in [-0.39, 0.29) is 0 Å². The van der Waals surface area contributed by atoms with Crippen molar-refractivity contribution in [1.82, 2.24) is 15.2 Å². The second kappa shape index (κ2) is 5.68. The molecule has 3 nitrogen and oxygen atoms in total. The third-order valence-electron chi connectivity index (χ3n) is 3.87. The highest BCUT2D eigenvalue weighted by Gasteiger charge is 2.32. The highest BCUT2D eigenvalue weighted by molar-refractivity contribution is 9.10. The zero-order chi connectivity index (χ0) is 12.4. The summed E-state index contributed by atoms with van der Waals surface area (Å²) in [5.41, 5.74) is 1.31. The van der Waals surface area contributed by atoms with E-state index >= 15 is 0 Å². The molecule has 1 saturated heterocycles. The fourth-order valence-corrected chi connectivity index (χ4v) is 3.19. The van der Waals surface area contributed by atoms with Crippen LogP contribution in [-0.4, -0.2) is 35.6 Å². The van der Waals surface area contributed by atoms with Gasteiger partial charge in [0.05, 0.1) is 0 Å². The van der Waals surface area contributed by atoms with Crippen LogP contribution in [0.1, 0.15) is 24.8 Å². The second-order valence-electron chi connectivity index (χ2n) is 5.50. The Morgan fingerprint density at radius 3 is 3.06 bits per heavy atom. The molecule has 1 atom stereocenters. The highest BCUT2D eigenvalue weighted by Crippen LogP contribution is 2.33. The van der Waals surface area contributed by atoms with Crippen molar-refractivity contribution >= 4 is 15.9 Å². The Morgan fingerprint density at radius 2 is 2.28 bits per heavy atom. The number of hydrogen-bond donors (Lipinski definition) is 1. The molecule has 2 heterocycles. The van der Waals surface area contributed by atoms with Gasteiger partial charge in [0.15, 0.2) is 0 Å². The van der Waals surface area contributed by atoms with Crippen molar-refractivity contribution in [2.45, 2.75) is 31.8 Å². The van der Waals surface area contributed by atoms with Gasteiger partial charge < -0.3 is 5.32 Å². The standard InChI is InChI=1S/C14H20BrN3/c15-13-6-11(7-16-8-13)9-18-5-1-4-17-14(10-18)12-2-3-12/h6-8,12,14,17H,1-5,9-10H2. The van der Waals surface area contributed by atoms with E-state index in [1.54, 1.807) is 0 Å². The molecule has 0 aromatic carbocycles. The van der Waals surface area contributed by atoms with Crippen LogP contribution in [-0.2, 0) is 6.54 Å². The average molecular weight is 310 g/mol. The van der Waals surface area contributed by atoms with Crippen LogP contribution in [0.25, 0.3) is 0 Å². The normalized spacial score (nSPS) is 25.9. The summed E-state index contributed by atoms with van der Waals surface area (Å²) in [5, 5.41) is 3.70. The summed E-state index contributed by atoms with van der Waals surface area (Å²) in [6, 6.07) is 2.89. The Labute approximate surface area is 117 Å². The average Bonchev–Trinajstić information content (AvgIpc) is 3.15. The molecular formula is C14H20BrN3. The van der Waals surface area contributed by atoms with Crippen LogP contribution in [0, 0.1) is 5.92 Å². The first kappa shape index (κ1) is 12.6. The van der Waals surface area contributed by atoms with Gasteiger partial charge in [0.25, 0.3) is 0 Å². The van der Waals surface area contributed by atoms with Gasteiger partial charge in [-0.2, -0.15) is 0 Å². The Bertz CT molecular complexity index is 406. The van der Waals surface area contributed by atoms with E-state index in [4.69, 9.17) is 0 Å². The molecule has 1 saturated carbocycles. The van der Waals surface area contributed by atoms with Gasteiger partial charge in [0.2, 0.25) is 0 Å². The maximum atomic E-state index is 4.25. The summed E-state index contributed by atoms with van der Waals surface area (Å²) in [6.45, 7) is 4.59. The minimum Gasteiger partial charge on any atom is -0.312 e. The molecule has 98 valence electrons. The van der Waals surface area contributed by atoms with E-state index < -0.39 is 0 Å². The van der Waals surface area contributed by atoms with Gasteiger partial charge in [-0.1, -0.05) is 0 Å². The molecule has 1 aromatic rings. The highest BCUT2D eigenvalue weighted by atomic mass is 79.9. The Kier molecular flexibility index (Phi) is 3.97. The van der Waals surface area contributed by atoms with Crippen LogP contribution in [0.15, 0.2) is 22.9 Å². The molecule has 4 heteroatoms. The third kappa shape index (κ3) is 3.31. The van der Waals surface area contributed by atoms with Crippen molar-refractivity contribution in [2.24, 2.45) is 5.92 Å². The summed E-state index contributed by atoms with van der Waals surface area (Å²) >= 11 is 3.49. The molecule has 1 aromatic heterocycles. The van der Waals surface area contributed by atoms with Crippen LogP contribution in [0.5, 0.6) is 0 Å². The molecule has 3 rings (SSSR count). The molecule has 2 fully saturated rings. The predicted octanol–water partition coefficient (Wildman–Crippen LogP) is 2.42. The van der Waals surface area contributed by atoms with E-state index in [9.17, 15) is 0 Å². The summed E-state index contributed by atoms with van der Waals surface area (Å²) in [7, 11) is 0. The number of nitrogens with zero attached hydrogens (tertiary/aromatic N) is 2. The van der Waals surface area contributed by atoms with Crippen LogP contribution < -0.4 is 5.32 Å². The van der Waals surface area contributed by atoms with Gasteiger partial charge in [0.1, 0.15) is 0 Å². The van der Waals surface area contributed by atoms with Gasteiger partial charge in [0, 0.05) is 36.0 Å². The molecule has 1 aliphatic carbocycles. The lowest BCUT2D eigenvalue weighted by atomic mass is 10.1. The van der Waals surface area contributed by atoms with Crippen LogP contribution in [0.2, 0.25) is 0 Å². The van der Waals surface area contributed by atoms with E-state index in [1.165, 1.54) is 44.5 Å². The monoisotopic (exact) mass is 309 g/mol. The van der Waals surface area contributed by atoms with Gasteiger partial charge >= 0.3 is 0 Å². The van der Waals surface area contributed by atoms with Crippen LogP contribution in [0.3, 0.4) is 0 Å². The zero-order valence-electron chi connectivity index (χ0n) is 10.6. The van der Waals surface area contributed by atoms with E-state index in [2.05, 4.69) is 37.2 Å². The topological polar surface area (TPSA) is 28.2 Å². The quantitative estimate of drug-likeness (QED) is 0.929. The Morgan fingerprint density at radius 1 is 1.39 bits per heavy atom. The van der Waals surface area contributed by atoms with Crippen molar-refractivity contribution in [1.29, 1.82) is 0 Å². The van der Waals surface area contributed by atoms with Crippen molar-refractivity contribution in [3.05, 3.63) is 28.5 Å². The molecule has 0 amide bonds. The summed E-state index contributed by atoms with van der Waals surface area (Å²) in [4.78, 5) is 6.83. The van der Waals surface area contributed by atoms with Crippen molar-refractivity contribution in [3.63, 3.8) is 0 Å². The molecule has 0 bridgehead atoms. The number of halogens is 1. The maximum Gasteiger partial charge on any atom is 0.0410 e.